The average Bonchev–Trinajstić information content (AvgIpc) is 3.00. The Morgan fingerprint density at radius 2 is 1.86 bits per heavy atom. The number of rotatable bonds is 4. The lowest BCUT2D eigenvalue weighted by Gasteiger charge is -2.39. The molecule has 6 rings (SSSR count). The monoisotopic (exact) mass is 595 g/mol. The molecule has 0 aliphatic carbocycles. The molecule has 0 aromatic heterocycles. The molecule has 0 saturated carbocycles. The number of benzene rings is 3. The molecule has 0 spiro atoms. The number of methoxy groups -OCH3 is 1. The zero-order chi connectivity index (χ0) is 30.5. The first-order chi connectivity index (χ1) is 20.7. The predicted molar refractivity (Wildman–Crippen MR) is 151 cm³/mol. The van der Waals surface area contributed by atoms with Gasteiger partial charge in [0.25, 0.3) is 17.7 Å². The van der Waals surface area contributed by atoms with Crippen LogP contribution in [-0.2, 0) is 11.3 Å². The highest BCUT2D eigenvalue weighted by molar-refractivity contribution is 5.96. The van der Waals surface area contributed by atoms with E-state index in [0.717, 1.165) is 11.1 Å². The van der Waals surface area contributed by atoms with Crippen molar-refractivity contribution in [2.75, 3.05) is 26.8 Å². The number of likely N-dealkylation sites (tertiary alicyclic amines) is 1. The largest absolute Gasteiger partial charge is 0.496 e. The smallest absolute Gasteiger partial charge is 0.387 e. The number of nitrogens with one attached hydrogen (secondary N) is 2. The third-order valence-corrected chi connectivity index (χ3v) is 7.31. The summed E-state index contributed by atoms with van der Waals surface area (Å²) in [6.45, 7) is -0.731. The van der Waals surface area contributed by atoms with Crippen molar-refractivity contribution in [3.05, 3.63) is 82.9 Å². The van der Waals surface area contributed by atoms with E-state index in [1.54, 1.807) is 41.3 Å². The Hall–Kier alpha value is -4.87. The zero-order valence-corrected chi connectivity index (χ0v) is 23.6. The molecular formula is C31H31F2N3O7. The van der Waals surface area contributed by atoms with Crippen LogP contribution in [0.2, 0.25) is 0 Å². The number of ether oxygens (including phenoxy) is 4. The Morgan fingerprint density at radius 3 is 2.60 bits per heavy atom. The second-order valence-corrected chi connectivity index (χ2v) is 10.2. The van der Waals surface area contributed by atoms with Crippen molar-refractivity contribution in [1.29, 1.82) is 0 Å². The van der Waals surface area contributed by atoms with Crippen molar-refractivity contribution in [1.82, 2.24) is 15.5 Å². The molecule has 3 aliphatic rings. The third-order valence-electron chi connectivity index (χ3n) is 7.31. The second-order valence-electron chi connectivity index (χ2n) is 10.2. The Morgan fingerprint density at radius 1 is 1.07 bits per heavy atom. The summed E-state index contributed by atoms with van der Waals surface area (Å²) >= 11 is 0. The van der Waals surface area contributed by atoms with E-state index in [0.29, 0.717) is 41.3 Å². The van der Waals surface area contributed by atoms with E-state index in [-0.39, 0.29) is 37.3 Å². The van der Waals surface area contributed by atoms with Crippen LogP contribution in [0.25, 0.3) is 0 Å². The summed E-state index contributed by atoms with van der Waals surface area (Å²) in [7, 11) is 1.52. The number of carbonyl (C=O) groups excluding carboxylic acids is 3. The van der Waals surface area contributed by atoms with E-state index in [1.165, 1.54) is 31.4 Å². The van der Waals surface area contributed by atoms with E-state index in [4.69, 9.17) is 14.2 Å². The van der Waals surface area contributed by atoms with Crippen LogP contribution < -0.4 is 29.6 Å². The zero-order valence-electron chi connectivity index (χ0n) is 23.6. The Bertz CT molecular complexity index is 1500. The van der Waals surface area contributed by atoms with Crippen LogP contribution in [0.15, 0.2) is 60.7 Å². The lowest BCUT2D eigenvalue weighted by atomic mass is 9.99. The number of alkyl halides is 2. The number of hydrogen-bond donors (Lipinski definition) is 2. The SMILES string of the molecule is COc1cc2ccc1CNC(=O)COc1cc(ccc1C)C(=O)N[C@H]1CN(C(=O)c3ccc(OC(F)F)cc3)CC[C@H]1O2. The number of hydrogen-bond acceptors (Lipinski definition) is 7. The van der Waals surface area contributed by atoms with Gasteiger partial charge in [0, 0.05) is 48.8 Å². The van der Waals surface area contributed by atoms with Crippen LogP contribution in [-0.4, -0.2) is 68.2 Å². The summed E-state index contributed by atoms with van der Waals surface area (Å²) in [5.41, 5.74) is 2.09. The van der Waals surface area contributed by atoms with Gasteiger partial charge in [-0.15, -0.1) is 0 Å². The highest BCUT2D eigenvalue weighted by Gasteiger charge is 2.35. The lowest BCUT2D eigenvalue weighted by Crippen LogP contribution is -2.58. The molecule has 3 aliphatic heterocycles. The minimum atomic E-state index is -2.97. The fraction of sp³-hybridized carbons (Fsp3) is 0.323. The van der Waals surface area contributed by atoms with Crippen molar-refractivity contribution in [3.8, 4) is 23.0 Å². The quantitative estimate of drug-likeness (QED) is 0.473. The summed E-state index contributed by atoms with van der Waals surface area (Å²) in [5, 5.41) is 5.82. The number of halogens is 2. The number of fused-ring (bicyclic) bond motifs is 7. The van der Waals surface area contributed by atoms with Gasteiger partial charge < -0.3 is 34.5 Å². The number of aryl methyl sites for hydroxylation is 1. The summed E-state index contributed by atoms with van der Waals surface area (Å²) in [6.07, 6.45) is -0.104. The first kappa shape index (κ1) is 29.6. The molecule has 2 N–H and O–H groups in total. The van der Waals surface area contributed by atoms with Crippen LogP contribution in [0.3, 0.4) is 0 Å². The minimum absolute atomic E-state index is 0.0535. The van der Waals surface area contributed by atoms with Gasteiger partial charge in [-0.3, -0.25) is 14.4 Å². The number of piperidine rings is 1. The maximum atomic E-state index is 13.4. The van der Waals surface area contributed by atoms with Crippen LogP contribution >= 0.6 is 0 Å². The Labute approximate surface area is 246 Å². The van der Waals surface area contributed by atoms with Gasteiger partial charge in [0.1, 0.15) is 29.1 Å². The van der Waals surface area contributed by atoms with E-state index >= 15 is 0 Å². The van der Waals surface area contributed by atoms with Crippen molar-refractivity contribution >= 4 is 17.7 Å². The summed E-state index contributed by atoms with van der Waals surface area (Å²) in [6, 6.07) is 15.1. The van der Waals surface area contributed by atoms with Gasteiger partial charge in [0.05, 0.1) is 13.2 Å². The lowest BCUT2D eigenvalue weighted by molar-refractivity contribution is -0.123. The molecule has 1 fully saturated rings. The fourth-order valence-corrected chi connectivity index (χ4v) is 5.01. The molecular weight excluding hydrogens is 564 g/mol. The molecule has 3 aromatic carbocycles. The molecule has 4 bridgehead atoms. The van der Waals surface area contributed by atoms with E-state index in [9.17, 15) is 23.2 Å². The first-order valence-electron chi connectivity index (χ1n) is 13.7. The van der Waals surface area contributed by atoms with Gasteiger partial charge in [-0.2, -0.15) is 8.78 Å². The van der Waals surface area contributed by atoms with Gasteiger partial charge in [0.15, 0.2) is 6.61 Å². The Kier molecular flexibility index (Phi) is 8.93. The van der Waals surface area contributed by atoms with Gasteiger partial charge >= 0.3 is 6.61 Å². The van der Waals surface area contributed by atoms with Crippen molar-refractivity contribution < 1.29 is 42.1 Å². The summed E-state index contributed by atoms with van der Waals surface area (Å²) in [4.78, 5) is 40.9. The highest BCUT2D eigenvalue weighted by atomic mass is 19.3. The van der Waals surface area contributed by atoms with Gasteiger partial charge in [-0.1, -0.05) is 6.07 Å². The average molecular weight is 596 g/mol. The van der Waals surface area contributed by atoms with Crippen LogP contribution in [0, 0.1) is 6.92 Å². The standard InChI is InChI=1S/C31H31F2N3O7/c1-18-3-4-20-13-26(18)41-17-28(37)34-15-21-7-10-23(14-27(21)40-2)42-25-11-12-36(16-24(25)35-29(20)38)30(39)19-5-8-22(9-6-19)43-31(32)33/h3-10,13-14,24-25,31H,11-12,15-17H2,1-2H3,(H,34,37)(H,35,38)/t24-,25+/m0/s1. The fourth-order valence-electron chi connectivity index (χ4n) is 5.01. The highest BCUT2D eigenvalue weighted by Crippen LogP contribution is 2.28. The number of amides is 3. The number of nitrogens with zero attached hydrogens (tertiary/aromatic N) is 1. The molecule has 0 radical (unpaired) electrons. The molecule has 3 amide bonds. The van der Waals surface area contributed by atoms with Crippen LogP contribution in [0.4, 0.5) is 8.78 Å². The van der Waals surface area contributed by atoms with E-state index in [2.05, 4.69) is 15.4 Å². The maximum Gasteiger partial charge on any atom is 0.387 e. The third kappa shape index (κ3) is 7.14. The molecule has 0 unspecified atom stereocenters. The topological polar surface area (TPSA) is 115 Å². The van der Waals surface area contributed by atoms with Crippen molar-refractivity contribution in [3.63, 3.8) is 0 Å². The molecule has 1 saturated heterocycles. The summed E-state index contributed by atoms with van der Waals surface area (Å²) < 4.78 is 47.1. The molecule has 43 heavy (non-hydrogen) atoms. The van der Waals surface area contributed by atoms with E-state index in [1.807, 2.05) is 6.92 Å². The maximum absolute atomic E-state index is 13.4. The van der Waals surface area contributed by atoms with Crippen molar-refractivity contribution in [2.45, 2.75) is 38.6 Å². The molecule has 10 nitrogen and oxygen atoms in total. The molecule has 3 heterocycles. The minimum Gasteiger partial charge on any atom is -0.496 e. The molecule has 3 aromatic rings. The second kappa shape index (κ2) is 13.0. The van der Waals surface area contributed by atoms with Crippen LogP contribution in [0.5, 0.6) is 23.0 Å². The molecule has 12 heteroatoms. The molecule has 2 atom stereocenters. The Balaban J connectivity index is 1.43. The van der Waals surface area contributed by atoms with Gasteiger partial charge in [-0.05, 0) is 61.0 Å². The normalized spacial score (nSPS) is 18.9. The van der Waals surface area contributed by atoms with Gasteiger partial charge in [-0.25, -0.2) is 0 Å². The first-order valence-corrected chi connectivity index (χ1v) is 13.7. The molecule has 226 valence electrons. The van der Waals surface area contributed by atoms with Crippen molar-refractivity contribution in [2.24, 2.45) is 0 Å². The predicted octanol–water partition coefficient (Wildman–Crippen LogP) is 3.71. The van der Waals surface area contributed by atoms with Crippen LogP contribution in [0.1, 0.15) is 38.3 Å². The number of carbonyl (C=O) groups is 3. The van der Waals surface area contributed by atoms with Gasteiger partial charge in [0.2, 0.25) is 0 Å². The van der Waals surface area contributed by atoms with E-state index < -0.39 is 24.7 Å². The summed E-state index contributed by atoms with van der Waals surface area (Å²) in [5.74, 6) is 0.270.